The number of carbonyl (C=O) groups is 3. The van der Waals surface area contributed by atoms with Crippen molar-refractivity contribution in [1.29, 1.82) is 0 Å². The lowest BCUT2D eigenvalue weighted by Gasteiger charge is -2.18. The Bertz CT molecular complexity index is 907. The Hall–Kier alpha value is -3.15. The topological polar surface area (TPSA) is 78.5 Å². The number of Topliss-reactive ketones (excluding diaryl/α,β-unsaturated/α-hetero) is 1. The molecule has 2 aromatic carbocycles. The van der Waals surface area contributed by atoms with Gasteiger partial charge in [0.05, 0.1) is 0 Å². The van der Waals surface area contributed by atoms with Gasteiger partial charge in [-0.2, -0.15) is 0 Å². The van der Waals surface area contributed by atoms with Gasteiger partial charge >= 0.3 is 0 Å². The molecule has 0 saturated heterocycles. The molecule has 0 aromatic heterocycles. The van der Waals surface area contributed by atoms with E-state index in [2.05, 4.69) is 10.6 Å². The SMILES string of the molecule is CC(=O)c1cccc(NC(=O)C(C)Nc2ccc3c(c2)CCN3C(C)=O)c1. The van der Waals surface area contributed by atoms with Crippen LogP contribution in [-0.2, 0) is 16.0 Å². The third-order valence-electron chi connectivity index (χ3n) is 4.67. The van der Waals surface area contributed by atoms with E-state index in [0.29, 0.717) is 17.8 Å². The van der Waals surface area contributed by atoms with Crippen molar-refractivity contribution in [3.63, 3.8) is 0 Å². The molecular formula is C21H23N3O3. The highest BCUT2D eigenvalue weighted by Gasteiger charge is 2.22. The maximum Gasteiger partial charge on any atom is 0.246 e. The molecule has 0 fully saturated rings. The first kappa shape index (κ1) is 18.6. The van der Waals surface area contributed by atoms with Crippen LogP contribution < -0.4 is 15.5 Å². The molecule has 27 heavy (non-hydrogen) atoms. The van der Waals surface area contributed by atoms with Crippen molar-refractivity contribution >= 4 is 34.7 Å². The summed E-state index contributed by atoms with van der Waals surface area (Å²) in [6, 6.07) is 12.2. The number of nitrogens with one attached hydrogen (secondary N) is 2. The van der Waals surface area contributed by atoms with Crippen LogP contribution in [0.4, 0.5) is 17.1 Å². The predicted molar refractivity (Wildman–Crippen MR) is 106 cm³/mol. The van der Waals surface area contributed by atoms with E-state index < -0.39 is 6.04 Å². The zero-order valence-corrected chi connectivity index (χ0v) is 15.7. The van der Waals surface area contributed by atoms with Crippen molar-refractivity contribution in [3.8, 4) is 0 Å². The summed E-state index contributed by atoms with van der Waals surface area (Å²) in [5.74, 6) is -0.202. The molecule has 1 aliphatic heterocycles. The molecule has 1 atom stereocenters. The van der Waals surface area contributed by atoms with Crippen LogP contribution in [0.3, 0.4) is 0 Å². The summed E-state index contributed by atoms with van der Waals surface area (Å²) >= 11 is 0. The van der Waals surface area contributed by atoms with E-state index >= 15 is 0 Å². The van der Waals surface area contributed by atoms with E-state index in [-0.39, 0.29) is 17.6 Å². The van der Waals surface area contributed by atoms with Crippen LogP contribution in [0, 0.1) is 0 Å². The average Bonchev–Trinajstić information content (AvgIpc) is 3.05. The molecule has 1 heterocycles. The van der Waals surface area contributed by atoms with Crippen molar-refractivity contribution < 1.29 is 14.4 Å². The first-order valence-electron chi connectivity index (χ1n) is 8.94. The number of fused-ring (bicyclic) bond motifs is 1. The predicted octanol–water partition coefficient (Wildman–Crippen LogP) is 3.24. The van der Waals surface area contributed by atoms with Crippen molar-refractivity contribution in [3.05, 3.63) is 53.6 Å². The molecule has 6 heteroatoms. The Balaban J connectivity index is 1.66. The number of benzene rings is 2. The molecule has 0 saturated carbocycles. The molecule has 2 aromatic rings. The number of nitrogens with zero attached hydrogens (tertiary/aromatic N) is 1. The molecule has 140 valence electrons. The fraction of sp³-hybridized carbons (Fsp3) is 0.286. The molecule has 1 aliphatic rings. The molecule has 2 N–H and O–H groups in total. The fourth-order valence-electron chi connectivity index (χ4n) is 3.20. The highest BCUT2D eigenvalue weighted by atomic mass is 16.2. The summed E-state index contributed by atoms with van der Waals surface area (Å²) in [5.41, 5.74) is 4.01. The lowest BCUT2D eigenvalue weighted by Crippen LogP contribution is -2.32. The minimum Gasteiger partial charge on any atom is -0.374 e. The molecule has 0 aliphatic carbocycles. The van der Waals surface area contributed by atoms with Gasteiger partial charge in [0.1, 0.15) is 6.04 Å². The van der Waals surface area contributed by atoms with Crippen molar-refractivity contribution in [2.75, 3.05) is 22.1 Å². The third-order valence-corrected chi connectivity index (χ3v) is 4.67. The average molecular weight is 365 g/mol. The first-order chi connectivity index (χ1) is 12.8. The van der Waals surface area contributed by atoms with Crippen LogP contribution >= 0.6 is 0 Å². The van der Waals surface area contributed by atoms with Crippen LogP contribution in [-0.4, -0.2) is 30.2 Å². The molecule has 0 radical (unpaired) electrons. The summed E-state index contributed by atoms with van der Waals surface area (Å²) in [5, 5.41) is 6.02. The number of carbonyl (C=O) groups excluding carboxylic acids is 3. The number of ketones is 1. The van der Waals surface area contributed by atoms with Gasteiger partial charge in [0.15, 0.2) is 5.78 Å². The van der Waals surface area contributed by atoms with Crippen LogP contribution in [0.5, 0.6) is 0 Å². The Labute approximate surface area is 158 Å². The smallest absolute Gasteiger partial charge is 0.246 e. The third kappa shape index (κ3) is 4.16. The van der Waals surface area contributed by atoms with Gasteiger partial charge in [0.25, 0.3) is 0 Å². The van der Waals surface area contributed by atoms with E-state index in [9.17, 15) is 14.4 Å². The van der Waals surface area contributed by atoms with E-state index in [1.807, 2.05) is 18.2 Å². The van der Waals surface area contributed by atoms with Crippen molar-refractivity contribution in [1.82, 2.24) is 0 Å². The Morgan fingerprint density at radius 3 is 2.52 bits per heavy atom. The van der Waals surface area contributed by atoms with Gasteiger partial charge in [-0.1, -0.05) is 12.1 Å². The maximum absolute atomic E-state index is 12.5. The number of amides is 2. The Morgan fingerprint density at radius 2 is 1.81 bits per heavy atom. The lowest BCUT2D eigenvalue weighted by molar-refractivity contribution is -0.117. The van der Waals surface area contributed by atoms with E-state index in [1.54, 1.807) is 43.0 Å². The number of anilines is 3. The van der Waals surface area contributed by atoms with E-state index in [4.69, 9.17) is 0 Å². The van der Waals surface area contributed by atoms with Gasteiger partial charge in [-0.05, 0) is 56.2 Å². The molecule has 0 bridgehead atoms. The summed E-state index contributed by atoms with van der Waals surface area (Å²) in [6.07, 6.45) is 0.808. The minimum atomic E-state index is -0.464. The molecular weight excluding hydrogens is 342 g/mol. The summed E-state index contributed by atoms with van der Waals surface area (Å²) < 4.78 is 0. The molecule has 2 amide bonds. The van der Waals surface area contributed by atoms with Gasteiger partial charge in [0, 0.05) is 36.1 Å². The Morgan fingerprint density at radius 1 is 1.04 bits per heavy atom. The number of hydrogen-bond acceptors (Lipinski definition) is 4. The van der Waals surface area contributed by atoms with Crippen molar-refractivity contribution in [2.45, 2.75) is 33.2 Å². The van der Waals surface area contributed by atoms with Crippen LogP contribution in [0.15, 0.2) is 42.5 Å². The zero-order chi connectivity index (χ0) is 19.6. The van der Waals surface area contributed by atoms with Gasteiger partial charge in [0.2, 0.25) is 11.8 Å². The van der Waals surface area contributed by atoms with Crippen LogP contribution in [0.25, 0.3) is 0 Å². The van der Waals surface area contributed by atoms with Crippen LogP contribution in [0.1, 0.15) is 36.7 Å². The zero-order valence-electron chi connectivity index (χ0n) is 15.7. The highest BCUT2D eigenvalue weighted by molar-refractivity contribution is 5.99. The second-order valence-electron chi connectivity index (χ2n) is 6.76. The van der Waals surface area contributed by atoms with Gasteiger partial charge in [-0.3, -0.25) is 14.4 Å². The molecule has 6 nitrogen and oxygen atoms in total. The molecule has 1 unspecified atom stereocenters. The molecule has 0 spiro atoms. The van der Waals surface area contributed by atoms with E-state index in [0.717, 1.165) is 23.4 Å². The quantitative estimate of drug-likeness (QED) is 0.798. The lowest BCUT2D eigenvalue weighted by atomic mass is 10.1. The normalized spacial score (nSPS) is 13.7. The van der Waals surface area contributed by atoms with Gasteiger partial charge in [-0.25, -0.2) is 0 Å². The summed E-state index contributed by atoms with van der Waals surface area (Å²) in [7, 11) is 0. The summed E-state index contributed by atoms with van der Waals surface area (Å²) in [6.45, 7) is 5.52. The number of hydrogen-bond donors (Lipinski definition) is 2. The standard InChI is InChI=1S/C21H23N3O3/c1-13(21(27)23-18-6-4-5-16(11-18)14(2)25)22-19-7-8-20-17(12-19)9-10-24(20)15(3)26/h4-8,11-13,22H,9-10H2,1-3H3,(H,23,27). The first-order valence-corrected chi connectivity index (χ1v) is 8.94. The Kier molecular flexibility index (Phi) is 5.26. The van der Waals surface area contributed by atoms with Crippen LogP contribution in [0.2, 0.25) is 0 Å². The maximum atomic E-state index is 12.5. The largest absolute Gasteiger partial charge is 0.374 e. The van der Waals surface area contributed by atoms with E-state index in [1.165, 1.54) is 6.92 Å². The fourth-order valence-corrected chi connectivity index (χ4v) is 3.20. The second-order valence-corrected chi connectivity index (χ2v) is 6.76. The monoisotopic (exact) mass is 365 g/mol. The summed E-state index contributed by atoms with van der Waals surface area (Å²) in [4.78, 5) is 37.3. The number of rotatable bonds is 5. The van der Waals surface area contributed by atoms with Gasteiger partial charge in [-0.15, -0.1) is 0 Å². The van der Waals surface area contributed by atoms with Crippen molar-refractivity contribution in [2.24, 2.45) is 0 Å². The van der Waals surface area contributed by atoms with Gasteiger partial charge < -0.3 is 15.5 Å². The highest BCUT2D eigenvalue weighted by Crippen LogP contribution is 2.30. The minimum absolute atomic E-state index is 0.0370. The molecule has 3 rings (SSSR count). The second kappa shape index (κ2) is 7.61.